The van der Waals surface area contributed by atoms with E-state index in [4.69, 9.17) is 14.2 Å². The van der Waals surface area contributed by atoms with Crippen molar-refractivity contribution in [2.24, 2.45) is 23.7 Å². The van der Waals surface area contributed by atoms with Crippen molar-refractivity contribution < 1.29 is 24.1 Å². The van der Waals surface area contributed by atoms with Crippen LogP contribution in [0.2, 0.25) is 0 Å². The molecule has 1 N–H and O–H groups in total. The monoisotopic (exact) mass is 420 g/mol. The molecule has 0 aliphatic carbocycles. The summed E-state index contributed by atoms with van der Waals surface area (Å²) in [5.41, 5.74) is 1.08. The molecule has 0 saturated carbocycles. The Balaban J connectivity index is 1.93. The van der Waals surface area contributed by atoms with Crippen LogP contribution in [0.5, 0.6) is 0 Å². The van der Waals surface area contributed by atoms with Gasteiger partial charge in [0, 0.05) is 23.7 Å². The van der Waals surface area contributed by atoms with Crippen molar-refractivity contribution in [3.63, 3.8) is 0 Å². The third-order valence-electron chi connectivity index (χ3n) is 6.35. The molecule has 1 aliphatic rings. The van der Waals surface area contributed by atoms with Crippen LogP contribution in [0.4, 0.5) is 0 Å². The molecule has 2 rings (SSSR count). The second-order valence-corrected chi connectivity index (χ2v) is 9.35. The number of aliphatic hydroxyl groups excluding tert-OH is 1. The molecule has 1 saturated heterocycles. The molecule has 1 aromatic carbocycles. The normalized spacial score (nSPS) is 27.8. The number of ketones is 1. The van der Waals surface area contributed by atoms with Gasteiger partial charge >= 0.3 is 0 Å². The SMILES string of the molecule is CC[C@H]1OC(C)(C)O[C@@H]([C@H](C)[C@H](O)[C@H](C)C(=O)[C@@H](C)COCc2ccccc2)[C@@H]1C. The summed E-state index contributed by atoms with van der Waals surface area (Å²) in [4.78, 5) is 12.9. The van der Waals surface area contributed by atoms with Gasteiger partial charge in [0.1, 0.15) is 5.78 Å². The maximum absolute atomic E-state index is 12.9. The van der Waals surface area contributed by atoms with E-state index in [1.165, 1.54) is 0 Å². The average molecular weight is 421 g/mol. The fourth-order valence-electron chi connectivity index (χ4n) is 4.46. The highest BCUT2D eigenvalue weighted by molar-refractivity contribution is 5.83. The standard InChI is InChI=1S/C25H40O5/c1-8-21-17(3)24(30-25(6,7)29-21)19(5)23(27)18(4)22(26)16(2)14-28-15-20-12-10-9-11-13-20/h9-13,16-19,21,23-24,27H,8,14-15H2,1-7H3/t16-,17+,18+,19+,21+,23+,24+/m0/s1. The van der Waals surface area contributed by atoms with Crippen LogP contribution in [-0.4, -0.2) is 41.6 Å². The van der Waals surface area contributed by atoms with Crippen molar-refractivity contribution in [1.29, 1.82) is 0 Å². The Kier molecular flexibility index (Phi) is 9.04. The van der Waals surface area contributed by atoms with Crippen LogP contribution < -0.4 is 0 Å². The quantitative estimate of drug-likeness (QED) is 0.599. The number of Topliss-reactive ketones (excluding diaryl/α,β-unsaturated/α-hetero) is 1. The van der Waals surface area contributed by atoms with E-state index >= 15 is 0 Å². The zero-order chi connectivity index (χ0) is 22.5. The highest BCUT2D eigenvalue weighted by atomic mass is 16.7. The molecule has 30 heavy (non-hydrogen) atoms. The van der Waals surface area contributed by atoms with Gasteiger partial charge in [0.05, 0.1) is 31.5 Å². The van der Waals surface area contributed by atoms with Crippen LogP contribution in [0.3, 0.4) is 0 Å². The van der Waals surface area contributed by atoms with Crippen molar-refractivity contribution >= 4 is 5.78 Å². The Labute approximate surface area is 182 Å². The lowest BCUT2D eigenvalue weighted by atomic mass is 9.78. The summed E-state index contributed by atoms with van der Waals surface area (Å²) in [6, 6.07) is 9.90. The van der Waals surface area contributed by atoms with Crippen LogP contribution in [-0.2, 0) is 25.6 Å². The minimum Gasteiger partial charge on any atom is -0.392 e. The molecule has 0 radical (unpaired) electrons. The van der Waals surface area contributed by atoms with E-state index in [1.54, 1.807) is 0 Å². The Bertz CT molecular complexity index is 659. The number of hydrogen-bond donors (Lipinski definition) is 1. The molecule has 0 spiro atoms. The Morgan fingerprint density at radius 1 is 1.17 bits per heavy atom. The van der Waals surface area contributed by atoms with Crippen LogP contribution in [0.15, 0.2) is 30.3 Å². The Morgan fingerprint density at radius 3 is 2.40 bits per heavy atom. The first-order valence-corrected chi connectivity index (χ1v) is 11.3. The van der Waals surface area contributed by atoms with E-state index in [9.17, 15) is 9.90 Å². The van der Waals surface area contributed by atoms with Gasteiger partial charge in [-0.1, -0.05) is 65.0 Å². The molecule has 1 aliphatic heterocycles. The second-order valence-electron chi connectivity index (χ2n) is 9.35. The largest absolute Gasteiger partial charge is 0.392 e. The predicted molar refractivity (Wildman–Crippen MR) is 118 cm³/mol. The smallest absolute Gasteiger partial charge is 0.163 e. The minimum atomic E-state index is -0.784. The highest BCUT2D eigenvalue weighted by Crippen LogP contribution is 2.37. The topological polar surface area (TPSA) is 65.0 Å². The number of aliphatic hydroxyl groups is 1. The zero-order valence-electron chi connectivity index (χ0n) is 19.6. The number of ether oxygens (including phenoxy) is 3. The van der Waals surface area contributed by atoms with Crippen molar-refractivity contribution in [3.05, 3.63) is 35.9 Å². The van der Waals surface area contributed by atoms with Crippen molar-refractivity contribution in [1.82, 2.24) is 0 Å². The lowest BCUT2D eigenvalue weighted by Crippen LogP contribution is -2.54. The molecule has 0 aromatic heterocycles. The van der Waals surface area contributed by atoms with E-state index in [-0.39, 0.29) is 35.7 Å². The van der Waals surface area contributed by atoms with Crippen molar-refractivity contribution in [2.45, 2.75) is 85.6 Å². The first kappa shape index (κ1) is 25.0. The molecule has 170 valence electrons. The fourth-order valence-corrected chi connectivity index (χ4v) is 4.46. The molecule has 5 nitrogen and oxygen atoms in total. The van der Waals surface area contributed by atoms with Gasteiger partial charge in [-0.15, -0.1) is 0 Å². The molecule has 5 heteroatoms. The lowest BCUT2D eigenvalue weighted by molar-refractivity contribution is -0.331. The number of rotatable bonds is 10. The van der Waals surface area contributed by atoms with Gasteiger partial charge < -0.3 is 19.3 Å². The summed E-state index contributed by atoms with van der Waals surface area (Å²) in [5.74, 6) is -1.49. The van der Waals surface area contributed by atoms with Gasteiger partial charge in [0.2, 0.25) is 0 Å². The Hall–Kier alpha value is -1.27. The summed E-state index contributed by atoms with van der Waals surface area (Å²) in [6.07, 6.45) is 0.00334. The number of hydrogen-bond acceptors (Lipinski definition) is 5. The maximum Gasteiger partial charge on any atom is 0.163 e. The van der Waals surface area contributed by atoms with Crippen molar-refractivity contribution in [2.75, 3.05) is 6.61 Å². The first-order valence-electron chi connectivity index (χ1n) is 11.3. The Morgan fingerprint density at radius 2 is 1.80 bits per heavy atom. The van der Waals surface area contributed by atoms with Gasteiger partial charge in [0.25, 0.3) is 0 Å². The predicted octanol–water partition coefficient (Wildman–Crippen LogP) is 4.61. The summed E-state index contributed by atoms with van der Waals surface area (Å²) in [6.45, 7) is 14.5. The highest BCUT2D eigenvalue weighted by Gasteiger charge is 2.45. The van der Waals surface area contributed by atoms with Crippen molar-refractivity contribution in [3.8, 4) is 0 Å². The second kappa shape index (κ2) is 10.9. The molecule has 0 amide bonds. The average Bonchev–Trinajstić information content (AvgIpc) is 2.73. The van der Waals surface area contributed by atoms with Gasteiger partial charge in [-0.25, -0.2) is 0 Å². The molecule has 1 aromatic rings. The molecule has 7 atom stereocenters. The number of carbonyl (C=O) groups is 1. The van der Waals surface area contributed by atoms with Gasteiger partial charge in [0.15, 0.2) is 5.79 Å². The summed E-state index contributed by atoms with van der Waals surface area (Å²) >= 11 is 0. The van der Waals surface area contributed by atoms with Gasteiger partial charge in [-0.3, -0.25) is 4.79 Å². The molecular weight excluding hydrogens is 380 g/mol. The van der Waals surface area contributed by atoms with E-state index in [2.05, 4.69) is 13.8 Å². The van der Waals surface area contributed by atoms with Crippen LogP contribution in [0.25, 0.3) is 0 Å². The van der Waals surface area contributed by atoms with E-state index in [0.29, 0.717) is 13.2 Å². The molecule has 0 unspecified atom stereocenters. The molecule has 1 fully saturated rings. The minimum absolute atomic E-state index is 0.0217. The molecular formula is C25H40O5. The van der Waals surface area contributed by atoms with E-state index < -0.39 is 17.8 Å². The van der Waals surface area contributed by atoms with Gasteiger partial charge in [-0.05, 0) is 25.8 Å². The fraction of sp³-hybridized carbons (Fsp3) is 0.720. The van der Waals surface area contributed by atoms with E-state index in [0.717, 1.165) is 12.0 Å². The maximum atomic E-state index is 12.9. The van der Waals surface area contributed by atoms with Crippen LogP contribution in [0, 0.1) is 23.7 Å². The zero-order valence-corrected chi connectivity index (χ0v) is 19.6. The molecule has 0 bridgehead atoms. The first-order chi connectivity index (χ1) is 14.1. The summed E-state index contributed by atoms with van der Waals surface area (Å²) < 4.78 is 18.0. The third kappa shape index (κ3) is 6.36. The van der Waals surface area contributed by atoms with E-state index in [1.807, 2.05) is 65.0 Å². The summed E-state index contributed by atoms with van der Waals surface area (Å²) in [7, 11) is 0. The molecule has 1 heterocycles. The summed E-state index contributed by atoms with van der Waals surface area (Å²) in [5, 5.41) is 11.0. The number of benzene rings is 1. The van der Waals surface area contributed by atoms with Crippen LogP contribution >= 0.6 is 0 Å². The van der Waals surface area contributed by atoms with Crippen LogP contribution in [0.1, 0.15) is 60.5 Å². The third-order valence-corrected chi connectivity index (χ3v) is 6.35. The number of carbonyl (C=O) groups excluding carboxylic acids is 1. The van der Waals surface area contributed by atoms with Gasteiger partial charge in [-0.2, -0.15) is 0 Å². The lowest BCUT2D eigenvalue weighted by Gasteiger charge is -2.48.